The molecule has 1 aromatic rings. The Labute approximate surface area is 132 Å². The van der Waals surface area contributed by atoms with Crippen LogP contribution in [0.4, 0.5) is 0 Å². The molecule has 1 aromatic carbocycles. The van der Waals surface area contributed by atoms with Crippen molar-refractivity contribution in [3.63, 3.8) is 0 Å². The Kier molecular flexibility index (Phi) is 5.58. The average Bonchev–Trinajstić information content (AvgIpc) is 2.55. The number of carbonyl (C=O) groups excluding carboxylic acids is 1. The van der Waals surface area contributed by atoms with Crippen molar-refractivity contribution in [3.8, 4) is 0 Å². The second kappa shape index (κ2) is 7.24. The zero-order valence-corrected chi connectivity index (χ0v) is 14.0. The summed E-state index contributed by atoms with van der Waals surface area (Å²) in [5, 5.41) is 2.95. The second-order valence-electron chi connectivity index (χ2n) is 5.83. The lowest BCUT2D eigenvalue weighted by atomic mass is 9.98. The van der Waals surface area contributed by atoms with Crippen molar-refractivity contribution in [2.24, 2.45) is 5.92 Å². The fraction of sp³-hybridized carbons (Fsp3) is 0.562. The smallest absolute Gasteiger partial charge is 0.243 e. The van der Waals surface area contributed by atoms with Crippen molar-refractivity contribution >= 4 is 15.9 Å². The molecular formula is C16H24N2O3S. The van der Waals surface area contributed by atoms with Crippen LogP contribution in [0.2, 0.25) is 0 Å². The van der Waals surface area contributed by atoms with E-state index in [1.54, 1.807) is 30.3 Å². The van der Waals surface area contributed by atoms with Crippen LogP contribution < -0.4 is 5.32 Å². The minimum atomic E-state index is -3.51. The highest BCUT2D eigenvalue weighted by Crippen LogP contribution is 2.23. The van der Waals surface area contributed by atoms with Crippen molar-refractivity contribution in [2.45, 2.75) is 44.0 Å². The Morgan fingerprint density at radius 3 is 2.68 bits per heavy atom. The number of hydrogen-bond donors (Lipinski definition) is 1. The second-order valence-corrected chi connectivity index (χ2v) is 7.77. The van der Waals surface area contributed by atoms with E-state index in [9.17, 15) is 13.2 Å². The van der Waals surface area contributed by atoms with E-state index in [2.05, 4.69) is 5.32 Å². The predicted octanol–water partition coefficient (Wildman–Crippen LogP) is 2.00. The zero-order chi connectivity index (χ0) is 16.2. The van der Waals surface area contributed by atoms with Crippen LogP contribution in [0.1, 0.15) is 33.1 Å². The minimum Gasteiger partial charge on any atom is -0.353 e. The molecule has 5 nitrogen and oxygen atoms in total. The fourth-order valence-electron chi connectivity index (χ4n) is 2.58. The summed E-state index contributed by atoms with van der Waals surface area (Å²) >= 11 is 0. The first-order valence-electron chi connectivity index (χ1n) is 7.80. The summed E-state index contributed by atoms with van der Waals surface area (Å²) in [7, 11) is -3.51. The number of carbonyl (C=O) groups is 1. The van der Waals surface area contributed by atoms with E-state index >= 15 is 0 Å². The first-order valence-corrected chi connectivity index (χ1v) is 9.24. The first-order chi connectivity index (χ1) is 10.4. The summed E-state index contributed by atoms with van der Waals surface area (Å²) in [5.74, 6) is -0.302. The summed E-state index contributed by atoms with van der Waals surface area (Å²) in [6, 6.07) is 8.52. The fourth-order valence-corrected chi connectivity index (χ4v) is 4.12. The van der Waals surface area contributed by atoms with Crippen molar-refractivity contribution in [3.05, 3.63) is 30.3 Å². The van der Waals surface area contributed by atoms with Gasteiger partial charge in [0, 0.05) is 19.1 Å². The van der Waals surface area contributed by atoms with Gasteiger partial charge < -0.3 is 5.32 Å². The van der Waals surface area contributed by atoms with Gasteiger partial charge in [-0.2, -0.15) is 4.31 Å². The highest BCUT2D eigenvalue weighted by atomic mass is 32.2. The molecule has 1 aliphatic heterocycles. The quantitative estimate of drug-likeness (QED) is 0.901. The molecule has 0 spiro atoms. The van der Waals surface area contributed by atoms with Crippen LogP contribution in [0, 0.1) is 5.92 Å². The van der Waals surface area contributed by atoms with E-state index in [0.29, 0.717) is 13.0 Å². The third-order valence-corrected chi connectivity index (χ3v) is 6.02. The molecule has 1 fully saturated rings. The molecule has 122 valence electrons. The molecule has 1 saturated heterocycles. The lowest BCUT2D eigenvalue weighted by molar-refractivity contribution is -0.126. The largest absolute Gasteiger partial charge is 0.353 e. The van der Waals surface area contributed by atoms with Gasteiger partial charge in [-0.1, -0.05) is 25.1 Å². The van der Waals surface area contributed by atoms with Crippen LogP contribution in [-0.2, 0) is 14.8 Å². The van der Waals surface area contributed by atoms with Crippen molar-refractivity contribution in [2.75, 3.05) is 13.1 Å². The maximum atomic E-state index is 12.6. The summed E-state index contributed by atoms with van der Waals surface area (Å²) in [6.07, 6.45) is 2.32. The molecule has 0 radical (unpaired) electrons. The van der Waals surface area contributed by atoms with Gasteiger partial charge in [0.25, 0.3) is 0 Å². The molecule has 1 aliphatic rings. The van der Waals surface area contributed by atoms with Crippen LogP contribution >= 0.6 is 0 Å². The van der Waals surface area contributed by atoms with Gasteiger partial charge in [0.1, 0.15) is 0 Å². The van der Waals surface area contributed by atoms with Gasteiger partial charge in [0.15, 0.2) is 0 Å². The van der Waals surface area contributed by atoms with E-state index in [0.717, 1.165) is 12.8 Å². The first kappa shape index (κ1) is 17.0. The van der Waals surface area contributed by atoms with Crippen molar-refractivity contribution < 1.29 is 13.2 Å². The van der Waals surface area contributed by atoms with Gasteiger partial charge >= 0.3 is 0 Å². The molecule has 0 bridgehead atoms. The van der Waals surface area contributed by atoms with Gasteiger partial charge in [0.05, 0.1) is 10.8 Å². The normalized spacial score (nSPS) is 21.3. The van der Waals surface area contributed by atoms with Crippen LogP contribution in [0.5, 0.6) is 0 Å². The van der Waals surface area contributed by atoms with Gasteiger partial charge in [-0.05, 0) is 38.3 Å². The Bertz CT molecular complexity index is 601. The third-order valence-electron chi connectivity index (χ3n) is 4.14. The van der Waals surface area contributed by atoms with Gasteiger partial charge in [-0.15, -0.1) is 0 Å². The molecule has 0 aromatic heterocycles. The summed E-state index contributed by atoms with van der Waals surface area (Å²) in [6.45, 7) is 4.71. The van der Waals surface area contributed by atoms with Crippen LogP contribution in [0.15, 0.2) is 35.2 Å². The van der Waals surface area contributed by atoms with Gasteiger partial charge in [-0.3, -0.25) is 4.79 Å². The number of amides is 1. The molecule has 22 heavy (non-hydrogen) atoms. The van der Waals surface area contributed by atoms with Gasteiger partial charge in [-0.25, -0.2) is 8.42 Å². The molecule has 6 heteroatoms. The lowest BCUT2D eigenvalue weighted by Crippen LogP contribution is -2.46. The van der Waals surface area contributed by atoms with E-state index in [1.165, 1.54) is 4.31 Å². The molecule has 2 rings (SSSR count). The number of nitrogens with one attached hydrogen (secondary N) is 1. The Morgan fingerprint density at radius 2 is 2.05 bits per heavy atom. The molecule has 2 atom stereocenters. The molecule has 0 aliphatic carbocycles. The van der Waals surface area contributed by atoms with Crippen molar-refractivity contribution in [1.29, 1.82) is 0 Å². The number of rotatable bonds is 5. The number of benzene rings is 1. The predicted molar refractivity (Wildman–Crippen MR) is 85.8 cm³/mol. The maximum absolute atomic E-state index is 12.6. The number of sulfonamides is 1. The molecule has 0 saturated carbocycles. The average molecular weight is 324 g/mol. The third kappa shape index (κ3) is 3.87. The minimum absolute atomic E-state index is 0.0395. The number of piperidine rings is 1. The molecule has 1 amide bonds. The number of hydrogen-bond acceptors (Lipinski definition) is 3. The Balaban J connectivity index is 2.09. The van der Waals surface area contributed by atoms with E-state index in [1.807, 2.05) is 13.8 Å². The number of nitrogens with zero attached hydrogens (tertiary/aromatic N) is 1. The molecule has 1 N–H and O–H groups in total. The van der Waals surface area contributed by atoms with E-state index in [-0.39, 0.29) is 29.3 Å². The standard InChI is InChI=1S/C16H24N2O3S/c1-3-13(2)17-16(19)14-8-7-11-18(12-14)22(20,21)15-9-5-4-6-10-15/h4-6,9-10,13-14H,3,7-8,11-12H2,1-2H3,(H,17,19)/t13-,14-/m1/s1. The lowest BCUT2D eigenvalue weighted by Gasteiger charge is -2.31. The molecule has 1 heterocycles. The highest BCUT2D eigenvalue weighted by Gasteiger charge is 2.33. The van der Waals surface area contributed by atoms with E-state index < -0.39 is 10.0 Å². The monoisotopic (exact) mass is 324 g/mol. The van der Waals surface area contributed by atoms with Crippen LogP contribution in [-0.4, -0.2) is 37.8 Å². The van der Waals surface area contributed by atoms with Crippen LogP contribution in [0.25, 0.3) is 0 Å². The Hall–Kier alpha value is -1.40. The van der Waals surface area contributed by atoms with Crippen LogP contribution in [0.3, 0.4) is 0 Å². The maximum Gasteiger partial charge on any atom is 0.243 e. The molecular weight excluding hydrogens is 300 g/mol. The highest BCUT2D eigenvalue weighted by molar-refractivity contribution is 7.89. The van der Waals surface area contributed by atoms with Crippen molar-refractivity contribution in [1.82, 2.24) is 9.62 Å². The summed E-state index contributed by atoms with van der Waals surface area (Å²) in [4.78, 5) is 12.5. The summed E-state index contributed by atoms with van der Waals surface area (Å²) in [5.41, 5.74) is 0. The zero-order valence-electron chi connectivity index (χ0n) is 13.2. The van der Waals surface area contributed by atoms with E-state index in [4.69, 9.17) is 0 Å². The molecule has 0 unspecified atom stereocenters. The topological polar surface area (TPSA) is 66.5 Å². The SMILES string of the molecule is CC[C@@H](C)NC(=O)[C@@H]1CCCN(S(=O)(=O)c2ccccc2)C1. The Morgan fingerprint density at radius 1 is 1.36 bits per heavy atom. The van der Waals surface area contributed by atoms with Gasteiger partial charge in [0.2, 0.25) is 15.9 Å². The summed E-state index contributed by atoms with van der Waals surface area (Å²) < 4.78 is 26.7.